The molecule has 0 aromatic heterocycles. The Bertz CT molecular complexity index is 808. The van der Waals surface area contributed by atoms with Crippen LogP contribution in [0.3, 0.4) is 0 Å². The van der Waals surface area contributed by atoms with Gasteiger partial charge < -0.3 is 15.0 Å². The first-order chi connectivity index (χ1) is 12.9. The summed E-state index contributed by atoms with van der Waals surface area (Å²) in [6.07, 6.45) is -0.239. The Morgan fingerprint density at radius 1 is 1.26 bits per heavy atom. The van der Waals surface area contributed by atoms with Crippen LogP contribution in [-0.4, -0.2) is 36.9 Å². The molecular weight excluding hydrogens is 371 g/mol. The van der Waals surface area contributed by atoms with Crippen molar-refractivity contribution in [3.05, 3.63) is 64.4 Å². The van der Waals surface area contributed by atoms with Crippen molar-refractivity contribution < 1.29 is 18.7 Å². The van der Waals surface area contributed by atoms with Crippen LogP contribution in [0.4, 0.5) is 4.39 Å². The maximum absolute atomic E-state index is 14.1. The van der Waals surface area contributed by atoms with Crippen molar-refractivity contribution in [2.45, 2.75) is 25.9 Å². The number of likely N-dealkylation sites (N-methyl/N-ethyl adjacent to an activating group) is 1. The summed E-state index contributed by atoms with van der Waals surface area (Å²) < 4.78 is 19.3. The fraction of sp³-hybridized carbons (Fsp3) is 0.300. The van der Waals surface area contributed by atoms with Gasteiger partial charge in [-0.15, -0.1) is 0 Å². The van der Waals surface area contributed by atoms with Crippen molar-refractivity contribution in [1.82, 2.24) is 10.2 Å². The lowest BCUT2D eigenvalue weighted by atomic mass is 10.1. The molecule has 2 aromatic rings. The highest BCUT2D eigenvalue weighted by Crippen LogP contribution is 2.22. The van der Waals surface area contributed by atoms with Crippen LogP contribution in [0.15, 0.2) is 42.5 Å². The number of amides is 2. The van der Waals surface area contributed by atoms with Crippen molar-refractivity contribution in [2.75, 3.05) is 14.2 Å². The largest absolute Gasteiger partial charge is 0.497 e. The van der Waals surface area contributed by atoms with Crippen LogP contribution in [0.1, 0.15) is 18.1 Å². The molecule has 0 aliphatic carbocycles. The lowest BCUT2D eigenvalue weighted by Crippen LogP contribution is -2.47. The quantitative estimate of drug-likeness (QED) is 0.787. The van der Waals surface area contributed by atoms with Gasteiger partial charge in [0.25, 0.3) is 0 Å². The number of nitrogens with zero attached hydrogens (tertiary/aromatic N) is 1. The first kappa shape index (κ1) is 20.7. The van der Waals surface area contributed by atoms with Gasteiger partial charge in [0.15, 0.2) is 0 Å². The summed E-state index contributed by atoms with van der Waals surface area (Å²) in [7, 11) is 3.05. The topological polar surface area (TPSA) is 58.6 Å². The monoisotopic (exact) mass is 392 g/mol. The highest BCUT2D eigenvalue weighted by molar-refractivity contribution is 6.31. The maximum atomic E-state index is 14.1. The number of hydrogen-bond donors (Lipinski definition) is 1. The Balaban J connectivity index is 2.31. The second kappa shape index (κ2) is 9.37. The Kier molecular flexibility index (Phi) is 7.19. The van der Waals surface area contributed by atoms with Crippen LogP contribution in [0.2, 0.25) is 5.02 Å². The number of hydrogen-bond acceptors (Lipinski definition) is 3. The van der Waals surface area contributed by atoms with Crippen molar-refractivity contribution >= 4 is 23.4 Å². The first-order valence-corrected chi connectivity index (χ1v) is 8.82. The van der Waals surface area contributed by atoms with Gasteiger partial charge in [0.1, 0.15) is 17.6 Å². The number of ether oxygens (including phenoxy) is 1. The van der Waals surface area contributed by atoms with Crippen molar-refractivity contribution in [1.29, 1.82) is 0 Å². The molecule has 0 spiro atoms. The van der Waals surface area contributed by atoms with E-state index in [0.717, 1.165) is 5.56 Å². The highest BCUT2D eigenvalue weighted by Gasteiger charge is 2.26. The Morgan fingerprint density at radius 2 is 1.96 bits per heavy atom. The SMILES string of the molecule is CNC(=O)[C@@H](C)N(Cc1cccc(OC)c1)C(=O)Cc1c(F)cccc1Cl. The van der Waals surface area contributed by atoms with Crippen LogP contribution in [-0.2, 0) is 22.6 Å². The third kappa shape index (κ3) is 5.20. The van der Waals surface area contributed by atoms with Crippen LogP contribution in [0, 0.1) is 5.82 Å². The summed E-state index contributed by atoms with van der Waals surface area (Å²) in [5, 5.41) is 2.72. The summed E-state index contributed by atoms with van der Waals surface area (Å²) >= 11 is 6.04. The van der Waals surface area contributed by atoms with Crippen molar-refractivity contribution in [3.8, 4) is 5.75 Å². The number of rotatable bonds is 7. The molecule has 27 heavy (non-hydrogen) atoms. The van der Waals surface area contributed by atoms with E-state index in [0.29, 0.717) is 5.75 Å². The standard InChI is InChI=1S/C20H22ClFN2O3/c1-13(20(26)23-2)24(12-14-6-4-7-15(10-14)27-3)19(25)11-16-17(21)8-5-9-18(16)22/h4-10,13H,11-12H2,1-3H3,(H,23,26)/t13-/m1/s1. The molecular formula is C20H22ClFN2O3. The molecule has 2 amide bonds. The molecule has 0 fully saturated rings. The predicted octanol–water partition coefficient (Wildman–Crippen LogP) is 3.19. The number of carbonyl (C=O) groups is 2. The van der Waals surface area contributed by atoms with Gasteiger partial charge in [0.2, 0.25) is 11.8 Å². The summed E-state index contributed by atoms with van der Waals surface area (Å²) in [4.78, 5) is 26.5. The maximum Gasteiger partial charge on any atom is 0.242 e. The fourth-order valence-electron chi connectivity index (χ4n) is 2.71. The average molecular weight is 393 g/mol. The zero-order valence-electron chi connectivity index (χ0n) is 15.5. The van der Waals surface area contributed by atoms with E-state index in [2.05, 4.69) is 5.32 Å². The van der Waals surface area contributed by atoms with Crippen LogP contribution >= 0.6 is 11.6 Å². The number of benzene rings is 2. The highest BCUT2D eigenvalue weighted by atomic mass is 35.5. The second-order valence-electron chi connectivity index (χ2n) is 6.04. The zero-order chi connectivity index (χ0) is 20.0. The molecule has 5 nitrogen and oxygen atoms in total. The van der Waals surface area contributed by atoms with E-state index < -0.39 is 17.8 Å². The molecule has 0 bridgehead atoms. The van der Waals surface area contributed by atoms with E-state index in [-0.39, 0.29) is 29.5 Å². The Hall–Kier alpha value is -2.60. The molecule has 2 aromatic carbocycles. The minimum Gasteiger partial charge on any atom is -0.497 e. The normalized spacial score (nSPS) is 11.6. The summed E-state index contributed by atoms with van der Waals surface area (Å²) in [5.41, 5.74) is 0.905. The summed E-state index contributed by atoms with van der Waals surface area (Å²) in [6, 6.07) is 10.7. The van der Waals surface area contributed by atoms with Gasteiger partial charge in [-0.3, -0.25) is 9.59 Å². The minimum absolute atomic E-state index is 0.115. The van der Waals surface area contributed by atoms with E-state index in [1.807, 2.05) is 6.07 Å². The smallest absolute Gasteiger partial charge is 0.242 e. The van der Waals surface area contributed by atoms with E-state index in [1.54, 1.807) is 32.2 Å². The van der Waals surface area contributed by atoms with E-state index >= 15 is 0 Å². The van der Waals surface area contributed by atoms with Crippen LogP contribution < -0.4 is 10.1 Å². The molecule has 7 heteroatoms. The number of carbonyl (C=O) groups excluding carboxylic acids is 2. The van der Waals surface area contributed by atoms with Crippen LogP contribution in [0.5, 0.6) is 5.75 Å². The molecule has 0 saturated heterocycles. The summed E-state index contributed by atoms with van der Waals surface area (Å²) in [5.74, 6) is -0.624. The number of halogens is 2. The van der Waals surface area contributed by atoms with Gasteiger partial charge in [-0.1, -0.05) is 29.8 Å². The van der Waals surface area contributed by atoms with Crippen molar-refractivity contribution in [3.63, 3.8) is 0 Å². The van der Waals surface area contributed by atoms with Gasteiger partial charge in [-0.25, -0.2) is 4.39 Å². The molecule has 0 radical (unpaired) electrons. The molecule has 0 unspecified atom stereocenters. The molecule has 0 saturated carbocycles. The third-order valence-corrected chi connectivity index (χ3v) is 4.64. The zero-order valence-corrected chi connectivity index (χ0v) is 16.2. The van der Waals surface area contributed by atoms with Crippen LogP contribution in [0.25, 0.3) is 0 Å². The Morgan fingerprint density at radius 3 is 2.59 bits per heavy atom. The van der Waals surface area contributed by atoms with Gasteiger partial charge in [0, 0.05) is 24.2 Å². The average Bonchev–Trinajstić information content (AvgIpc) is 2.67. The molecule has 1 N–H and O–H groups in total. The minimum atomic E-state index is -0.737. The predicted molar refractivity (Wildman–Crippen MR) is 102 cm³/mol. The fourth-order valence-corrected chi connectivity index (χ4v) is 2.94. The van der Waals surface area contributed by atoms with E-state index in [9.17, 15) is 14.0 Å². The molecule has 0 aliphatic rings. The molecule has 0 aliphatic heterocycles. The van der Waals surface area contributed by atoms with Gasteiger partial charge in [-0.2, -0.15) is 0 Å². The second-order valence-corrected chi connectivity index (χ2v) is 6.45. The number of methoxy groups -OCH3 is 1. The first-order valence-electron chi connectivity index (χ1n) is 8.44. The molecule has 2 rings (SSSR count). The molecule has 144 valence electrons. The Labute approximate surface area is 163 Å². The van der Waals surface area contributed by atoms with Gasteiger partial charge in [-0.05, 0) is 36.8 Å². The molecule has 0 heterocycles. The van der Waals surface area contributed by atoms with Gasteiger partial charge >= 0.3 is 0 Å². The van der Waals surface area contributed by atoms with Crippen molar-refractivity contribution in [2.24, 2.45) is 0 Å². The van der Waals surface area contributed by atoms with E-state index in [1.165, 1.54) is 30.1 Å². The lowest BCUT2D eigenvalue weighted by Gasteiger charge is -2.28. The van der Waals surface area contributed by atoms with Gasteiger partial charge in [0.05, 0.1) is 13.5 Å². The van der Waals surface area contributed by atoms with E-state index in [4.69, 9.17) is 16.3 Å². The number of nitrogens with one attached hydrogen (secondary N) is 1. The summed E-state index contributed by atoms with van der Waals surface area (Å²) in [6.45, 7) is 1.80. The third-order valence-electron chi connectivity index (χ3n) is 4.29. The lowest BCUT2D eigenvalue weighted by molar-refractivity contribution is -0.139. The molecule has 1 atom stereocenters.